The Morgan fingerprint density at radius 1 is 0.966 bits per heavy atom. The van der Waals surface area contributed by atoms with Crippen LogP contribution in [-0.2, 0) is 9.59 Å². The van der Waals surface area contributed by atoms with Crippen molar-refractivity contribution in [2.24, 2.45) is 4.99 Å². The van der Waals surface area contributed by atoms with E-state index in [1.165, 1.54) is 17.0 Å². The van der Waals surface area contributed by atoms with E-state index in [0.717, 1.165) is 0 Å². The highest BCUT2D eigenvalue weighted by atomic mass is 19.1. The molecule has 1 heterocycles. The van der Waals surface area contributed by atoms with Gasteiger partial charge in [-0.3, -0.25) is 14.6 Å². The lowest BCUT2D eigenvalue weighted by molar-refractivity contribution is -0.120. The molecule has 0 atom stereocenters. The molecule has 0 bridgehead atoms. The molecule has 0 saturated heterocycles. The van der Waals surface area contributed by atoms with Gasteiger partial charge in [-0.1, -0.05) is 42.5 Å². The molecule has 0 spiro atoms. The van der Waals surface area contributed by atoms with Gasteiger partial charge in [0.1, 0.15) is 12.4 Å². The van der Waals surface area contributed by atoms with Gasteiger partial charge in [0.05, 0.1) is 23.5 Å². The molecule has 3 aromatic carbocycles. The number of rotatable bonds is 4. The van der Waals surface area contributed by atoms with E-state index in [4.69, 9.17) is 0 Å². The molecule has 6 heteroatoms. The van der Waals surface area contributed by atoms with Crippen molar-refractivity contribution in [3.8, 4) is 0 Å². The number of amides is 2. The lowest BCUT2D eigenvalue weighted by Gasteiger charge is -2.21. The largest absolute Gasteiger partial charge is 0.325 e. The van der Waals surface area contributed by atoms with Crippen molar-refractivity contribution in [1.82, 2.24) is 0 Å². The zero-order valence-electron chi connectivity index (χ0n) is 15.5. The number of hydrogen-bond acceptors (Lipinski definition) is 3. The summed E-state index contributed by atoms with van der Waals surface area (Å²) >= 11 is 0. The van der Waals surface area contributed by atoms with Gasteiger partial charge in [-0.05, 0) is 42.0 Å². The first-order valence-corrected chi connectivity index (χ1v) is 9.18. The molecule has 4 rings (SSSR count). The Labute approximate surface area is 167 Å². The summed E-state index contributed by atoms with van der Waals surface area (Å²) < 4.78 is 13.3. The van der Waals surface area contributed by atoms with E-state index >= 15 is 0 Å². The van der Waals surface area contributed by atoms with Crippen LogP contribution in [0.1, 0.15) is 12.0 Å². The van der Waals surface area contributed by atoms with E-state index in [1.54, 1.807) is 42.5 Å². The van der Waals surface area contributed by atoms with E-state index in [1.807, 2.05) is 24.3 Å². The Bertz CT molecular complexity index is 1080. The summed E-state index contributed by atoms with van der Waals surface area (Å²) in [5.41, 5.74) is 3.03. The molecular formula is C23H18FN3O2. The summed E-state index contributed by atoms with van der Waals surface area (Å²) in [6.07, 6.45) is 0.0128. The van der Waals surface area contributed by atoms with E-state index in [-0.39, 0.29) is 30.6 Å². The molecule has 2 amide bonds. The number of para-hydroxylation sites is 3. The second kappa shape index (κ2) is 8.06. The number of aliphatic imine (C=N–C) groups is 1. The lowest BCUT2D eigenvalue weighted by Crippen LogP contribution is -2.38. The van der Waals surface area contributed by atoms with Crippen molar-refractivity contribution in [3.05, 3.63) is 90.2 Å². The van der Waals surface area contributed by atoms with Crippen LogP contribution in [0.3, 0.4) is 0 Å². The first-order chi connectivity index (χ1) is 14.1. The van der Waals surface area contributed by atoms with Gasteiger partial charge in [-0.2, -0.15) is 0 Å². The van der Waals surface area contributed by atoms with E-state index < -0.39 is 0 Å². The summed E-state index contributed by atoms with van der Waals surface area (Å²) in [4.78, 5) is 31.6. The summed E-state index contributed by atoms with van der Waals surface area (Å²) in [7, 11) is 0. The van der Waals surface area contributed by atoms with Gasteiger partial charge in [0.25, 0.3) is 0 Å². The number of benzene rings is 3. The van der Waals surface area contributed by atoms with Gasteiger partial charge in [0.15, 0.2) is 0 Å². The fraction of sp³-hybridized carbons (Fsp3) is 0.0870. The van der Waals surface area contributed by atoms with Crippen LogP contribution in [-0.4, -0.2) is 24.1 Å². The van der Waals surface area contributed by atoms with Crippen molar-refractivity contribution < 1.29 is 14.0 Å². The molecular weight excluding hydrogens is 369 g/mol. The Kier molecular flexibility index (Phi) is 5.16. The van der Waals surface area contributed by atoms with Crippen LogP contribution >= 0.6 is 0 Å². The molecule has 1 aliphatic rings. The number of carbonyl (C=O) groups is 2. The van der Waals surface area contributed by atoms with Gasteiger partial charge in [0, 0.05) is 5.69 Å². The molecule has 5 nitrogen and oxygen atoms in total. The van der Waals surface area contributed by atoms with Crippen LogP contribution in [0.4, 0.5) is 21.5 Å². The Morgan fingerprint density at radius 3 is 2.41 bits per heavy atom. The molecule has 0 aromatic heterocycles. The predicted molar refractivity (Wildman–Crippen MR) is 111 cm³/mol. The minimum atomic E-state index is -0.353. The monoisotopic (exact) mass is 387 g/mol. The number of anilines is 2. The quantitative estimate of drug-likeness (QED) is 0.725. The zero-order valence-corrected chi connectivity index (χ0v) is 15.5. The van der Waals surface area contributed by atoms with E-state index in [9.17, 15) is 14.0 Å². The van der Waals surface area contributed by atoms with Gasteiger partial charge in [0.2, 0.25) is 11.8 Å². The average Bonchev–Trinajstić information content (AvgIpc) is 2.86. The fourth-order valence-corrected chi connectivity index (χ4v) is 3.19. The van der Waals surface area contributed by atoms with Crippen molar-refractivity contribution in [3.63, 3.8) is 0 Å². The van der Waals surface area contributed by atoms with Crippen LogP contribution in [0.2, 0.25) is 0 Å². The number of hydrogen-bond donors (Lipinski definition) is 1. The summed E-state index contributed by atoms with van der Waals surface area (Å²) in [6, 6.07) is 22.1. The molecule has 0 aliphatic carbocycles. The highest BCUT2D eigenvalue weighted by molar-refractivity contribution is 6.18. The smallest absolute Gasteiger partial charge is 0.244 e. The normalized spacial score (nSPS) is 13.3. The molecule has 0 fully saturated rings. The molecule has 29 heavy (non-hydrogen) atoms. The predicted octanol–water partition coefficient (Wildman–Crippen LogP) is 4.32. The molecule has 0 unspecified atom stereocenters. The third-order valence-electron chi connectivity index (χ3n) is 4.58. The first kappa shape index (κ1) is 18.6. The average molecular weight is 387 g/mol. The summed E-state index contributed by atoms with van der Waals surface area (Å²) in [5.74, 6) is -0.903. The van der Waals surface area contributed by atoms with E-state index in [2.05, 4.69) is 10.3 Å². The number of nitrogens with one attached hydrogen (secondary N) is 1. The Balaban J connectivity index is 1.62. The number of fused-ring (bicyclic) bond motifs is 1. The third kappa shape index (κ3) is 4.21. The molecule has 0 radical (unpaired) electrons. The van der Waals surface area contributed by atoms with Crippen molar-refractivity contribution in [2.75, 3.05) is 16.8 Å². The van der Waals surface area contributed by atoms with Crippen LogP contribution < -0.4 is 10.2 Å². The van der Waals surface area contributed by atoms with Crippen molar-refractivity contribution in [2.45, 2.75) is 6.42 Å². The van der Waals surface area contributed by atoms with Gasteiger partial charge in [-0.25, -0.2) is 4.39 Å². The molecule has 1 aliphatic heterocycles. The van der Waals surface area contributed by atoms with Crippen LogP contribution in [0, 0.1) is 5.82 Å². The Hall–Kier alpha value is -3.80. The maximum Gasteiger partial charge on any atom is 0.244 e. The number of carbonyl (C=O) groups excluding carboxylic acids is 2. The zero-order chi connectivity index (χ0) is 20.2. The van der Waals surface area contributed by atoms with Crippen LogP contribution in [0.15, 0.2) is 83.9 Å². The highest BCUT2D eigenvalue weighted by Gasteiger charge is 2.26. The highest BCUT2D eigenvalue weighted by Crippen LogP contribution is 2.32. The number of halogens is 1. The maximum absolute atomic E-state index is 13.3. The standard InChI is InChI=1S/C23H18FN3O2/c24-17-12-10-16(11-13-17)20-14-23(29)27(21-9-5-4-8-19(21)26-20)15-22(28)25-18-6-2-1-3-7-18/h1-13H,14-15H2,(H,25,28). The van der Waals surface area contributed by atoms with Gasteiger partial charge in [-0.15, -0.1) is 0 Å². The lowest BCUT2D eigenvalue weighted by atomic mass is 10.1. The Morgan fingerprint density at radius 2 is 1.66 bits per heavy atom. The number of nitrogens with zero attached hydrogens (tertiary/aromatic N) is 2. The second-order valence-corrected chi connectivity index (χ2v) is 6.62. The summed E-state index contributed by atoms with van der Waals surface area (Å²) in [5, 5.41) is 2.80. The molecule has 144 valence electrons. The second-order valence-electron chi connectivity index (χ2n) is 6.62. The maximum atomic E-state index is 13.3. The minimum absolute atomic E-state index is 0.0128. The van der Waals surface area contributed by atoms with Crippen LogP contribution in [0.25, 0.3) is 0 Å². The summed E-state index contributed by atoms with van der Waals surface area (Å²) in [6.45, 7) is -0.128. The molecule has 0 saturated carbocycles. The SMILES string of the molecule is O=C(CN1C(=O)CC(c2ccc(F)cc2)=Nc2ccccc21)Nc1ccccc1. The van der Waals surface area contributed by atoms with Crippen molar-refractivity contribution >= 4 is 34.6 Å². The van der Waals surface area contributed by atoms with Gasteiger partial charge >= 0.3 is 0 Å². The fourth-order valence-electron chi connectivity index (χ4n) is 3.19. The van der Waals surface area contributed by atoms with Crippen molar-refractivity contribution in [1.29, 1.82) is 0 Å². The van der Waals surface area contributed by atoms with Gasteiger partial charge < -0.3 is 10.2 Å². The molecule has 3 aromatic rings. The van der Waals surface area contributed by atoms with E-state index in [0.29, 0.717) is 28.3 Å². The molecule has 1 N–H and O–H groups in total. The van der Waals surface area contributed by atoms with Crippen LogP contribution in [0.5, 0.6) is 0 Å². The topological polar surface area (TPSA) is 61.8 Å². The third-order valence-corrected chi connectivity index (χ3v) is 4.58. The minimum Gasteiger partial charge on any atom is -0.325 e. The first-order valence-electron chi connectivity index (χ1n) is 9.18.